The predicted molar refractivity (Wildman–Crippen MR) is 117 cm³/mol. The van der Waals surface area contributed by atoms with Gasteiger partial charge in [0.2, 0.25) is 0 Å². The lowest BCUT2D eigenvalue weighted by atomic mass is 10.1. The fourth-order valence-electron chi connectivity index (χ4n) is 3.67. The largest absolute Gasteiger partial charge is 0.497 e. The normalized spacial score (nSPS) is 13.8. The number of thiocarbonyl (C=S) groups is 1. The monoisotopic (exact) mass is 400 g/mol. The molecule has 0 heterocycles. The number of para-hydroxylation sites is 1. The molecule has 0 unspecified atom stereocenters. The number of ether oxygens (including phenoxy) is 3. The Morgan fingerprint density at radius 1 is 1.00 bits per heavy atom. The topological polar surface area (TPSA) is 43.0 Å². The number of nitrogens with zero attached hydrogens (tertiary/aromatic N) is 1. The maximum Gasteiger partial charge on any atom is 0.173 e. The molecule has 1 fully saturated rings. The zero-order chi connectivity index (χ0) is 19.9. The molecule has 0 spiro atoms. The summed E-state index contributed by atoms with van der Waals surface area (Å²) < 4.78 is 16.3. The molecule has 0 radical (unpaired) electrons. The first-order valence-electron chi connectivity index (χ1n) is 9.57. The van der Waals surface area contributed by atoms with E-state index in [1.807, 2.05) is 36.4 Å². The Hall–Kier alpha value is -2.47. The van der Waals surface area contributed by atoms with Crippen LogP contribution in [0.15, 0.2) is 42.5 Å². The van der Waals surface area contributed by atoms with Crippen LogP contribution in [0.1, 0.15) is 31.2 Å². The van der Waals surface area contributed by atoms with Crippen LogP contribution in [0, 0.1) is 0 Å². The van der Waals surface area contributed by atoms with Gasteiger partial charge < -0.3 is 24.4 Å². The van der Waals surface area contributed by atoms with Crippen LogP contribution in [0.25, 0.3) is 0 Å². The Balaban J connectivity index is 1.83. The first kappa shape index (κ1) is 20.3. The minimum absolute atomic E-state index is 0.428. The van der Waals surface area contributed by atoms with E-state index in [0.717, 1.165) is 41.3 Å². The lowest BCUT2D eigenvalue weighted by Crippen LogP contribution is -2.41. The summed E-state index contributed by atoms with van der Waals surface area (Å²) in [6.45, 7) is 0.710. The van der Waals surface area contributed by atoms with Gasteiger partial charge >= 0.3 is 0 Å². The highest BCUT2D eigenvalue weighted by Gasteiger charge is 2.26. The summed E-state index contributed by atoms with van der Waals surface area (Å²) in [7, 11) is 4.99. The minimum Gasteiger partial charge on any atom is -0.497 e. The molecule has 0 bridgehead atoms. The number of hydrogen-bond donors (Lipinski definition) is 1. The first-order chi connectivity index (χ1) is 13.6. The molecule has 6 heteroatoms. The second-order valence-electron chi connectivity index (χ2n) is 6.91. The summed E-state index contributed by atoms with van der Waals surface area (Å²) in [4.78, 5) is 2.28. The summed E-state index contributed by atoms with van der Waals surface area (Å²) >= 11 is 5.82. The molecule has 0 saturated heterocycles. The lowest BCUT2D eigenvalue weighted by Gasteiger charge is -2.32. The van der Waals surface area contributed by atoms with Crippen molar-refractivity contribution in [2.24, 2.45) is 0 Å². The third-order valence-electron chi connectivity index (χ3n) is 5.16. The van der Waals surface area contributed by atoms with Gasteiger partial charge in [0.15, 0.2) is 5.11 Å². The predicted octanol–water partition coefficient (Wildman–Crippen LogP) is 4.85. The maximum atomic E-state index is 5.82. The average Bonchev–Trinajstić information content (AvgIpc) is 3.26. The Kier molecular flexibility index (Phi) is 6.98. The molecule has 0 atom stereocenters. The van der Waals surface area contributed by atoms with Gasteiger partial charge in [0, 0.05) is 42.0 Å². The number of rotatable bonds is 7. The average molecular weight is 401 g/mol. The van der Waals surface area contributed by atoms with Crippen LogP contribution in [-0.4, -0.2) is 37.4 Å². The van der Waals surface area contributed by atoms with Gasteiger partial charge in [-0.2, -0.15) is 0 Å². The van der Waals surface area contributed by atoms with Crippen molar-refractivity contribution in [3.8, 4) is 17.2 Å². The summed E-state index contributed by atoms with van der Waals surface area (Å²) in [5.74, 6) is 2.33. The van der Waals surface area contributed by atoms with Crippen molar-refractivity contribution in [2.75, 3.05) is 26.6 Å². The van der Waals surface area contributed by atoms with Crippen molar-refractivity contribution in [3.63, 3.8) is 0 Å². The highest BCUT2D eigenvalue weighted by molar-refractivity contribution is 7.80. The van der Waals surface area contributed by atoms with E-state index < -0.39 is 0 Å². The van der Waals surface area contributed by atoms with Crippen LogP contribution in [0.4, 0.5) is 5.69 Å². The third kappa shape index (κ3) is 4.87. The Morgan fingerprint density at radius 3 is 2.25 bits per heavy atom. The Labute approximate surface area is 172 Å². The van der Waals surface area contributed by atoms with E-state index >= 15 is 0 Å². The summed E-state index contributed by atoms with van der Waals surface area (Å²) in [6.07, 6.45) is 4.78. The van der Waals surface area contributed by atoms with Crippen molar-refractivity contribution in [1.29, 1.82) is 0 Å². The van der Waals surface area contributed by atoms with Crippen molar-refractivity contribution in [2.45, 2.75) is 38.3 Å². The number of methoxy groups -OCH3 is 3. The number of anilines is 1. The van der Waals surface area contributed by atoms with Gasteiger partial charge in [0.05, 0.1) is 21.3 Å². The van der Waals surface area contributed by atoms with E-state index in [4.69, 9.17) is 26.4 Å². The molecule has 1 N–H and O–H groups in total. The number of benzene rings is 2. The third-order valence-corrected chi connectivity index (χ3v) is 5.50. The molecular formula is C22H28N2O3S. The van der Waals surface area contributed by atoms with Crippen molar-refractivity contribution in [1.82, 2.24) is 4.90 Å². The Bertz CT molecular complexity index is 784. The van der Waals surface area contributed by atoms with E-state index in [-0.39, 0.29) is 0 Å². The highest BCUT2D eigenvalue weighted by atomic mass is 32.1. The quantitative estimate of drug-likeness (QED) is 0.670. The van der Waals surface area contributed by atoms with E-state index in [9.17, 15) is 0 Å². The maximum absolute atomic E-state index is 5.82. The molecule has 1 saturated carbocycles. The molecule has 1 aliphatic rings. The van der Waals surface area contributed by atoms with Crippen LogP contribution in [0.3, 0.4) is 0 Å². The Morgan fingerprint density at radius 2 is 1.64 bits per heavy atom. The van der Waals surface area contributed by atoms with Gasteiger partial charge in [0.1, 0.15) is 17.2 Å². The lowest BCUT2D eigenvalue weighted by molar-refractivity contribution is 0.305. The van der Waals surface area contributed by atoms with Crippen molar-refractivity contribution >= 4 is 23.0 Å². The molecule has 0 aromatic heterocycles. The number of hydrogen-bond acceptors (Lipinski definition) is 4. The minimum atomic E-state index is 0.428. The molecule has 1 aliphatic carbocycles. The molecule has 0 amide bonds. The molecule has 0 aliphatic heterocycles. The summed E-state index contributed by atoms with van der Waals surface area (Å²) in [5, 5.41) is 4.08. The molecule has 2 aromatic carbocycles. The second kappa shape index (κ2) is 9.64. The van der Waals surface area contributed by atoms with E-state index in [1.165, 1.54) is 12.8 Å². The smallest absolute Gasteiger partial charge is 0.173 e. The van der Waals surface area contributed by atoms with Gasteiger partial charge in [-0.05, 0) is 31.1 Å². The zero-order valence-electron chi connectivity index (χ0n) is 16.7. The molecule has 3 rings (SSSR count). The zero-order valence-corrected chi connectivity index (χ0v) is 17.6. The van der Waals surface area contributed by atoms with Crippen molar-refractivity contribution < 1.29 is 14.2 Å². The van der Waals surface area contributed by atoms with E-state index in [0.29, 0.717) is 17.7 Å². The molecule has 28 heavy (non-hydrogen) atoms. The standard InChI is InChI=1S/C22H28N2O3S/c1-25-19-12-17(13-20(14-19)26-2)23-22(28)24(18-9-5-6-10-18)15-16-8-4-7-11-21(16)27-3/h4,7-8,11-14,18H,5-6,9-10,15H2,1-3H3,(H,23,28). The summed E-state index contributed by atoms with van der Waals surface area (Å²) in [5.41, 5.74) is 1.98. The van der Waals surface area contributed by atoms with Gasteiger partial charge in [-0.3, -0.25) is 0 Å². The SMILES string of the molecule is COc1cc(NC(=S)N(Cc2ccccc2OC)C2CCCC2)cc(OC)c1. The van der Waals surface area contributed by atoms with E-state index in [2.05, 4.69) is 16.3 Å². The molecular weight excluding hydrogens is 372 g/mol. The van der Waals surface area contributed by atoms with Gasteiger partial charge in [-0.15, -0.1) is 0 Å². The van der Waals surface area contributed by atoms with Crippen LogP contribution < -0.4 is 19.5 Å². The van der Waals surface area contributed by atoms with Crippen LogP contribution in [0.5, 0.6) is 17.2 Å². The summed E-state index contributed by atoms with van der Waals surface area (Å²) in [6, 6.07) is 14.2. The molecule has 150 valence electrons. The first-order valence-corrected chi connectivity index (χ1v) is 9.98. The van der Waals surface area contributed by atoms with Crippen molar-refractivity contribution in [3.05, 3.63) is 48.0 Å². The molecule has 2 aromatic rings. The van der Waals surface area contributed by atoms with Gasteiger partial charge in [0.25, 0.3) is 0 Å². The van der Waals surface area contributed by atoms with Crippen LogP contribution in [0.2, 0.25) is 0 Å². The second-order valence-corrected chi connectivity index (χ2v) is 7.30. The van der Waals surface area contributed by atoms with Gasteiger partial charge in [-0.1, -0.05) is 31.0 Å². The highest BCUT2D eigenvalue weighted by Crippen LogP contribution is 2.30. The van der Waals surface area contributed by atoms with Gasteiger partial charge in [-0.25, -0.2) is 0 Å². The van der Waals surface area contributed by atoms with E-state index in [1.54, 1.807) is 21.3 Å². The van der Waals surface area contributed by atoms with Crippen LogP contribution in [-0.2, 0) is 6.54 Å². The fraction of sp³-hybridized carbons (Fsp3) is 0.409. The van der Waals surface area contributed by atoms with Crippen LogP contribution >= 0.6 is 12.2 Å². The molecule has 5 nitrogen and oxygen atoms in total. The number of nitrogens with one attached hydrogen (secondary N) is 1. The fourth-order valence-corrected chi connectivity index (χ4v) is 4.01.